The van der Waals surface area contributed by atoms with Gasteiger partial charge in [0.1, 0.15) is 5.75 Å². The molecule has 0 aliphatic carbocycles. The molecule has 2 aromatic rings. The van der Waals surface area contributed by atoms with Crippen LogP contribution in [0.2, 0.25) is 0 Å². The molecular formula is C11H10N4O. The quantitative estimate of drug-likeness (QED) is 0.728. The minimum absolute atomic E-state index is 0.560. The molecule has 5 heteroatoms. The molecule has 0 amide bonds. The molecule has 0 radical (unpaired) electrons. The zero-order chi connectivity index (χ0) is 11.2. The lowest BCUT2D eigenvalue weighted by atomic mass is 10.3. The van der Waals surface area contributed by atoms with Gasteiger partial charge in [-0.05, 0) is 6.07 Å². The third-order valence-corrected chi connectivity index (χ3v) is 1.87. The standard InChI is InChI=1S/C11H10N4O/c1-16-10-4-9(5-13-7-10)6-15-11-8-12-2-3-14-11/h2-8H,1H3. The monoisotopic (exact) mass is 214 g/mol. The average Bonchev–Trinajstić information content (AvgIpc) is 2.38. The number of methoxy groups -OCH3 is 1. The Bertz CT molecular complexity index is 484. The molecule has 0 aliphatic rings. The number of hydrogen-bond donors (Lipinski definition) is 0. The Labute approximate surface area is 92.9 Å². The third kappa shape index (κ3) is 2.60. The molecule has 0 spiro atoms. The summed E-state index contributed by atoms with van der Waals surface area (Å²) in [6, 6.07) is 1.84. The van der Waals surface area contributed by atoms with Gasteiger partial charge in [-0.3, -0.25) is 9.97 Å². The van der Waals surface area contributed by atoms with Gasteiger partial charge in [-0.25, -0.2) is 9.98 Å². The molecule has 5 nitrogen and oxygen atoms in total. The van der Waals surface area contributed by atoms with Crippen LogP contribution in [0.1, 0.15) is 5.56 Å². The molecule has 16 heavy (non-hydrogen) atoms. The van der Waals surface area contributed by atoms with Gasteiger partial charge in [0, 0.05) is 30.4 Å². The summed E-state index contributed by atoms with van der Waals surface area (Å²) in [6.07, 6.45) is 9.79. The minimum Gasteiger partial charge on any atom is -0.495 e. The van der Waals surface area contributed by atoms with Crippen LogP contribution in [-0.4, -0.2) is 28.3 Å². The van der Waals surface area contributed by atoms with Crippen molar-refractivity contribution in [2.24, 2.45) is 4.99 Å². The van der Waals surface area contributed by atoms with Gasteiger partial charge in [0.25, 0.3) is 0 Å². The van der Waals surface area contributed by atoms with Crippen LogP contribution in [0.5, 0.6) is 5.75 Å². The van der Waals surface area contributed by atoms with Crippen molar-refractivity contribution in [3.8, 4) is 5.75 Å². The van der Waals surface area contributed by atoms with Crippen LogP contribution in [-0.2, 0) is 0 Å². The molecule has 0 saturated carbocycles. The second-order valence-electron chi connectivity index (χ2n) is 2.98. The van der Waals surface area contributed by atoms with Gasteiger partial charge in [-0.1, -0.05) is 0 Å². The molecule has 2 rings (SSSR count). The Morgan fingerprint density at radius 1 is 1.19 bits per heavy atom. The first-order chi connectivity index (χ1) is 7.88. The summed E-state index contributed by atoms with van der Waals surface area (Å²) >= 11 is 0. The van der Waals surface area contributed by atoms with Crippen molar-refractivity contribution in [2.75, 3.05) is 7.11 Å². The van der Waals surface area contributed by atoms with Crippen molar-refractivity contribution in [3.05, 3.63) is 42.6 Å². The second-order valence-corrected chi connectivity index (χ2v) is 2.98. The van der Waals surface area contributed by atoms with Crippen LogP contribution in [0.15, 0.2) is 42.0 Å². The summed E-state index contributed by atoms with van der Waals surface area (Å²) in [6.45, 7) is 0. The van der Waals surface area contributed by atoms with Gasteiger partial charge in [-0.15, -0.1) is 0 Å². The number of nitrogens with zero attached hydrogens (tertiary/aromatic N) is 4. The van der Waals surface area contributed by atoms with E-state index in [0.717, 1.165) is 5.56 Å². The van der Waals surface area contributed by atoms with E-state index >= 15 is 0 Å². The van der Waals surface area contributed by atoms with Crippen molar-refractivity contribution < 1.29 is 4.74 Å². The van der Waals surface area contributed by atoms with Gasteiger partial charge in [0.05, 0.1) is 19.5 Å². The summed E-state index contributed by atoms with van der Waals surface area (Å²) in [7, 11) is 1.60. The molecule has 0 fully saturated rings. The molecule has 2 aromatic heterocycles. The van der Waals surface area contributed by atoms with Gasteiger partial charge < -0.3 is 4.74 Å². The smallest absolute Gasteiger partial charge is 0.170 e. The van der Waals surface area contributed by atoms with Crippen molar-refractivity contribution in [1.29, 1.82) is 0 Å². The maximum Gasteiger partial charge on any atom is 0.170 e. The molecule has 0 saturated heterocycles. The van der Waals surface area contributed by atoms with Crippen molar-refractivity contribution >= 4 is 12.0 Å². The largest absolute Gasteiger partial charge is 0.495 e. The number of ether oxygens (including phenoxy) is 1. The Kier molecular flexibility index (Phi) is 3.18. The minimum atomic E-state index is 0.560. The maximum absolute atomic E-state index is 5.05. The lowest BCUT2D eigenvalue weighted by Crippen LogP contribution is -1.88. The molecule has 2 heterocycles. The van der Waals surface area contributed by atoms with Gasteiger partial charge in [0.15, 0.2) is 5.82 Å². The zero-order valence-corrected chi connectivity index (χ0v) is 8.74. The summed E-state index contributed by atoms with van der Waals surface area (Å²) in [5.41, 5.74) is 0.852. The maximum atomic E-state index is 5.05. The van der Waals surface area contributed by atoms with Gasteiger partial charge in [0.2, 0.25) is 0 Å². The fourth-order valence-electron chi connectivity index (χ4n) is 1.12. The van der Waals surface area contributed by atoms with E-state index in [9.17, 15) is 0 Å². The number of hydrogen-bond acceptors (Lipinski definition) is 5. The highest BCUT2D eigenvalue weighted by atomic mass is 16.5. The Morgan fingerprint density at radius 2 is 2.12 bits per heavy atom. The summed E-state index contributed by atoms with van der Waals surface area (Å²) < 4.78 is 5.05. The van der Waals surface area contributed by atoms with Crippen molar-refractivity contribution in [2.45, 2.75) is 0 Å². The van der Waals surface area contributed by atoms with Crippen LogP contribution in [0.3, 0.4) is 0 Å². The average molecular weight is 214 g/mol. The van der Waals surface area contributed by atoms with E-state index in [2.05, 4.69) is 19.9 Å². The van der Waals surface area contributed by atoms with Crippen LogP contribution in [0.25, 0.3) is 0 Å². The normalized spacial score (nSPS) is 10.6. The lowest BCUT2D eigenvalue weighted by Gasteiger charge is -1.98. The second kappa shape index (κ2) is 4.97. The molecule has 0 aromatic carbocycles. The summed E-state index contributed by atoms with van der Waals surface area (Å²) in [4.78, 5) is 16.1. The van der Waals surface area contributed by atoms with Gasteiger partial charge in [-0.2, -0.15) is 0 Å². The number of rotatable bonds is 3. The number of pyridine rings is 1. The summed E-state index contributed by atoms with van der Waals surface area (Å²) in [5.74, 6) is 1.26. The highest BCUT2D eigenvalue weighted by Crippen LogP contribution is 2.09. The fourth-order valence-corrected chi connectivity index (χ4v) is 1.12. The van der Waals surface area contributed by atoms with E-state index < -0.39 is 0 Å². The number of aliphatic imine (C=N–C) groups is 1. The molecule has 0 unspecified atom stereocenters. The highest BCUT2D eigenvalue weighted by molar-refractivity contribution is 5.81. The topological polar surface area (TPSA) is 60.3 Å². The van der Waals surface area contributed by atoms with Crippen LogP contribution >= 0.6 is 0 Å². The van der Waals surface area contributed by atoms with Gasteiger partial charge >= 0.3 is 0 Å². The fraction of sp³-hybridized carbons (Fsp3) is 0.0909. The van der Waals surface area contributed by atoms with Crippen LogP contribution in [0, 0.1) is 0 Å². The Morgan fingerprint density at radius 3 is 2.88 bits per heavy atom. The molecule has 0 atom stereocenters. The van der Waals surface area contributed by atoms with E-state index in [1.807, 2.05) is 6.07 Å². The Hall–Kier alpha value is -2.30. The SMILES string of the molecule is COc1cncc(C=Nc2cnccn2)c1. The number of aromatic nitrogens is 3. The molecule has 80 valence electrons. The van der Waals surface area contributed by atoms with E-state index in [1.54, 1.807) is 44.3 Å². The van der Waals surface area contributed by atoms with Crippen molar-refractivity contribution in [3.63, 3.8) is 0 Å². The van der Waals surface area contributed by atoms with E-state index in [4.69, 9.17) is 4.74 Å². The first-order valence-corrected chi connectivity index (χ1v) is 4.67. The van der Waals surface area contributed by atoms with E-state index in [0.29, 0.717) is 11.6 Å². The predicted molar refractivity (Wildman–Crippen MR) is 60.1 cm³/mol. The third-order valence-electron chi connectivity index (χ3n) is 1.87. The van der Waals surface area contributed by atoms with Crippen LogP contribution in [0.4, 0.5) is 5.82 Å². The molecule has 0 bridgehead atoms. The van der Waals surface area contributed by atoms with Crippen LogP contribution < -0.4 is 4.74 Å². The molecular weight excluding hydrogens is 204 g/mol. The molecule has 0 aliphatic heterocycles. The van der Waals surface area contributed by atoms with E-state index in [1.165, 1.54) is 0 Å². The summed E-state index contributed by atoms with van der Waals surface area (Å²) in [5, 5.41) is 0. The Balaban J connectivity index is 2.17. The first-order valence-electron chi connectivity index (χ1n) is 4.67. The van der Waals surface area contributed by atoms with Crippen molar-refractivity contribution in [1.82, 2.24) is 15.0 Å². The molecule has 0 N–H and O–H groups in total. The predicted octanol–water partition coefficient (Wildman–Crippen LogP) is 1.63. The first kappa shape index (κ1) is 10.2. The van der Waals surface area contributed by atoms with E-state index in [-0.39, 0.29) is 0 Å². The zero-order valence-electron chi connectivity index (χ0n) is 8.74. The highest BCUT2D eigenvalue weighted by Gasteiger charge is 1.93. The lowest BCUT2D eigenvalue weighted by molar-refractivity contribution is 0.413.